The van der Waals surface area contributed by atoms with Crippen LogP contribution in [0.25, 0.3) is 0 Å². The van der Waals surface area contributed by atoms with Gasteiger partial charge in [0.15, 0.2) is 5.82 Å². The van der Waals surface area contributed by atoms with Crippen LogP contribution in [0.3, 0.4) is 0 Å². The van der Waals surface area contributed by atoms with Crippen molar-refractivity contribution in [3.05, 3.63) is 18.1 Å². The Hall–Kier alpha value is -1.20. The predicted molar refractivity (Wildman–Crippen MR) is 62.1 cm³/mol. The van der Waals surface area contributed by atoms with Gasteiger partial charge in [-0.25, -0.2) is 9.97 Å². The average molecular weight is 222 g/mol. The fourth-order valence-corrected chi connectivity index (χ4v) is 1.92. The van der Waals surface area contributed by atoms with Gasteiger partial charge in [-0.2, -0.15) is 0 Å². The van der Waals surface area contributed by atoms with Crippen molar-refractivity contribution < 1.29 is 5.11 Å². The van der Waals surface area contributed by atoms with Crippen LogP contribution in [0.2, 0.25) is 0 Å². The summed E-state index contributed by atoms with van der Waals surface area (Å²) in [6.45, 7) is 2.13. The number of anilines is 1. The summed E-state index contributed by atoms with van der Waals surface area (Å²) in [5.41, 5.74) is 0. The Kier molecular flexibility index (Phi) is 3.69. The number of aliphatic hydroxyl groups is 1. The molecule has 0 bridgehead atoms. The third-order valence-electron chi connectivity index (χ3n) is 2.92. The number of hydrogen-bond acceptors (Lipinski definition) is 5. The molecular formula is C11H18N4O. The van der Waals surface area contributed by atoms with Gasteiger partial charge in [0.25, 0.3) is 0 Å². The number of aliphatic hydroxyl groups excluding tert-OH is 1. The summed E-state index contributed by atoms with van der Waals surface area (Å²) in [6, 6.07) is 2.33. The molecule has 2 rings (SSSR count). The van der Waals surface area contributed by atoms with Crippen LogP contribution < -0.4 is 5.32 Å². The van der Waals surface area contributed by atoms with Crippen LogP contribution in [0.5, 0.6) is 0 Å². The Morgan fingerprint density at radius 3 is 2.94 bits per heavy atom. The second-order valence-electron chi connectivity index (χ2n) is 4.24. The van der Waals surface area contributed by atoms with Gasteiger partial charge in [0.05, 0.1) is 0 Å². The fourth-order valence-electron chi connectivity index (χ4n) is 1.92. The van der Waals surface area contributed by atoms with E-state index in [0.29, 0.717) is 11.9 Å². The molecule has 2 N–H and O–H groups in total. The standard InChI is InChI=1S/C11H18N4O/c1-15-6-3-9(4-7-15)13-10-2-5-12-11(8-16)14-10/h2,5,9,16H,3-4,6-8H2,1H3,(H,12,13,14). The zero-order chi connectivity index (χ0) is 11.4. The normalized spacial score (nSPS) is 18.6. The second-order valence-corrected chi connectivity index (χ2v) is 4.24. The minimum Gasteiger partial charge on any atom is -0.388 e. The first-order chi connectivity index (χ1) is 7.78. The van der Waals surface area contributed by atoms with Crippen molar-refractivity contribution in [2.24, 2.45) is 0 Å². The molecule has 0 aliphatic carbocycles. The average Bonchev–Trinajstić information content (AvgIpc) is 2.32. The summed E-state index contributed by atoms with van der Waals surface area (Å²) in [4.78, 5) is 10.5. The highest BCUT2D eigenvalue weighted by atomic mass is 16.3. The van der Waals surface area contributed by atoms with E-state index in [1.807, 2.05) is 6.07 Å². The summed E-state index contributed by atoms with van der Waals surface area (Å²) in [5.74, 6) is 1.28. The smallest absolute Gasteiger partial charge is 0.156 e. The van der Waals surface area contributed by atoms with Crippen LogP contribution in [0, 0.1) is 0 Å². The molecule has 0 aromatic carbocycles. The van der Waals surface area contributed by atoms with Gasteiger partial charge in [-0.3, -0.25) is 0 Å². The van der Waals surface area contributed by atoms with E-state index >= 15 is 0 Å². The third-order valence-corrected chi connectivity index (χ3v) is 2.92. The number of likely N-dealkylation sites (tertiary alicyclic amines) is 1. The van der Waals surface area contributed by atoms with Crippen LogP contribution in [-0.2, 0) is 6.61 Å². The van der Waals surface area contributed by atoms with Crippen molar-refractivity contribution in [1.82, 2.24) is 14.9 Å². The maximum atomic E-state index is 8.94. The third kappa shape index (κ3) is 2.90. The Bertz CT molecular complexity index is 337. The Labute approximate surface area is 95.5 Å². The van der Waals surface area contributed by atoms with Crippen molar-refractivity contribution in [3.8, 4) is 0 Å². The van der Waals surface area contributed by atoms with Crippen LogP contribution in [0.15, 0.2) is 12.3 Å². The summed E-state index contributed by atoms with van der Waals surface area (Å²) in [5, 5.41) is 12.3. The lowest BCUT2D eigenvalue weighted by Crippen LogP contribution is -2.36. The first-order valence-electron chi connectivity index (χ1n) is 5.66. The molecule has 0 saturated carbocycles. The zero-order valence-electron chi connectivity index (χ0n) is 9.56. The van der Waals surface area contributed by atoms with E-state index < -0.39 is 0 Å². The molecular weight excluding hydrogens is 204 g/mol. The summed E-state index contributed by atoms with van der Waals surface area (Å²) >= 11 is 0. The van der Waals surface area contributed by atoms with Crippen LogP contribution >= 0.6 is 0 Å². The molecule has 1 saturated heterocycles. The van der Waals surface area contributed by atoms with Gasteiger partial charge in [0.2, 0.25) is 0 Å². The predicted octanol–water partition coefficient (Wildman–Crippen LogP) is 0.475. The van der Waals surface area contributed by atoms with Gasteiger partial charge in [0.1, 0.15) is 12.4 Å². The van der Waals surface area contributed by atoms with E-state index in [4.69, 9.17) is 5.11 Å². The molecule has 16 heavy (non-hydrogen) atoms. The molecule has 0 radical (unpaired) electrons. The minimum atomic E-state index is -0.108. The van der Waals surface area contributed by atoms with Gasteiger partial charge in [-0.05, 0) is 39.0 Å². The van der Waals surface area contributed by atoms with Gasteiger partial charge in [-0.1, -0.05) is 0 Å². The van der Waals surface area contributed by atoms with Gasteiger partial charge in [0, 0.05) is 12.2 Å². The van der Waals surface area contributed by atoms with Crippen molar-refractivity contribution in [2.45, 2.75) is 25.5 Å². The second kappa shape index (κ2) is 5.23. The van der Waals surface area contributed by atoms with E-state index in [1.165, 1.54) is 0 Å². The Balaban J connectivity index is 1.93. The molecule has 1 aliphatic rings. The first kappa shape index (κ1) is 11.3. The van der Waals surface area contributed by atoms with E-state index in [9.17, 15) is 0 Å². The molecule has 1 aromatic rings. The van der Waals surface area contributed by atoms with Crippen LogP contribution in [0.4, 0.5) is 5.82 Å². The van der Waals surface area contributed by atoms with Gasteiger partial charge >= 0.3 is 0 Å². The number of nitrogens with one attached hydrogen (secondary N) is 1. The molecule has 0 unspecified atom stereocenters. The number of hydrogen-bond donors (Lipinski definition) is 2. The lowest BCUT2D eigenvalue weighted by Gasteiger charge is -2.29. The quantitative estimate of drug-likeness (QED) is 0.778. The molecule has 2 heterocycles. The summed E-state index contributed by atoms with van der Waals surface area (Å²) < 4.78 is 0. The van der Waals surface area contributed by atoms with E-state index in [1.54, 1.807) is 6.20 Å². The summed E-state index contributed by atoms with van der Waals surface area (Å²) in [7, 11) is 2.14. The molecule has 0 spiro atoms. The van der Waals surface area contributed by atoms with E-state index in [2.05, 4.69) is 27.2 Å². The molecule has 88 valence electrons. The molecule has 1 fully saturated rings. The largest absolute Gasteiger partial charge is 0.388 e. The molecule has 0 atom stereocenters. The highest BCUT2D eigenvalue weighted by Gasteiger charge is 2.16. The summed E-state index contributed by atoms with van der Waals surface area (Å²) in [6.07, 6.45) is 3.94. The van der Waals surface area contributed by atoms with Crippen molar-refractivity contribution in [2.75, 3.05) is 25.5 Å². The first-order valence-corrected chi connectivity index (χ1v) is 5.66. The lowest BCUT2D eigenvalue weighted by atomic mass is 10.1. The van der Waals surface area contributed by atoms with Crippen molar-refractivity contribution in [1.29, 1.82) is 0 Å². The topological polar surface area (TPSA) is 61.3 Å². The van der Waals surface area contributed by atoms with E-state index in [-0.39, 0.29) is 6.61 Å². The van der Waals surface area contributed by atoms with Crippen LogP contribution in [0.1, 0.15) is 18.7 Å². The monoisotopic (exact) mass is 222 g/mol. The minimum absolute atomic E-state index is 0.108. The van der Waals surface area contributed by atoms with Gasteiger partial charge in [-0.15, -0.1) is 0 Å². The lowest BCUT2D eigenvalue weighted by molar-refractivity contribution is 0.263. The fraction of sp³-hybridized carbons (Fsp3) is 0.636. The van der Waals surface area contributed by atoms with Gasteiger partial charge < -0.3 is 15.3 Å². The van der Waals surface area contributed by atoms with Crippen molar-refractivity contribution >= 4 is 5.82 Å². The molecule has 0 amide bonds. The number of nitrogens with zero attached hydrogens (tertiary/aromatic N) is 3. The van der Waals surface area contributed by atoms with Crippen molar-refractivity contribution in [3.63, 3.8) is 0 Å². The maximum Gasteiger partial charge on any atom is 0.156 e. The van der Waals surface area contributed by atoms with Crippen LogP contribution in [-0.4, -0.2) is 46.2 Å². The number of piperidine rings is 1. The highest BCUT2D eigenvalue weighted by molar-refractivity contribution is 5.34. The molecule has 5 nitrogen and oxygen atoms in total. The molecule has 1 aliphatic heterocycles. The molecule has 5 heteroatoms. The maximum absolute atomic E-state index is 8.94. The Morgan fingerprint density at radius 2 is 2.25 bits per heavy atom. The number of rotatable bonds is 3. The number of aromatic nitrogens is 2. The zero-order valence-corrected chi connectivity index (χ0v) is 9.56. The van der Waals surface area contributed by atoms with E-state index in [0.717, 1.165) is 31.7 Å². The Morgan fingerprint density at radius 1 is 1.50 bits per heavy atom. The SMILES string of the molecule is CN1CCC(Nc2ccnc(CO)n2)CC1. The highest BCUT2D eigenvalue weighted by Crippen LogP contribution is 2.13. The molecule has 1 aromatic heterocycles.